The monoisotopic (exact) mass is 461 g/mol. The molecule has 0 bridgehead atoms. The second kappa shape index (κ2) is 8.57. The molecule has 2 atom stereocenters. The maximum Gasteiger partial charge on any atom is 0.246 e. The highest BCUT2D eigenvalue weighted by Crippen LogP contribution is 2.32. The fraction of sp³-hybridized carbons (Fsp3) is 0.261. The fourth-order valence-corrected chi connectivity index (χ4v) is 4.25. The Hall–Kier alpha value is -4.30. The number of aromatic nitrogens is 5. The van der Waals surface area contributed by atoms with Crippen LogP contribution in [0.5, 0.6) is 0 Å². The van der Waals surface area contributed by atoms with Gasteiger partial charge in [0.1, 0.15) is 29.2 Å². The van der Waals surface area contributed by atoms with E-state index in [1.54, 1.807) is 16.7 Å². The maximum atomic E-state index is 14.5. The van der Waals surface area contributed by atoms with E-state index in [1.165, 1.54) is 30.9 Å². The van der Waals surface area contributed by atoms with Crippen molar-refractivity contribution in [3.8, 4) is 11.8 Å². The number of ether oxygens (including phenoxy) is 1. The Kier molecular flexibility index (Phi) is 5.43. The van der Waals surface area contributed by atoms with Crippen LogP contribution in [0.4, 0.5) is 10.2 Å². The minimum atomic E-state index is -0.540. The summed E-state index contributed by atoms with van der Waals surface area (Å²) in [5.74, 6) is 5.19. The van der Waals surface area contributed by atoms with Crippen molar-refractivity contribution in [2.45, 2.75) is 18.5 Å². The molecule has 0 saturated carbocycles. The summed E-state index contributed by atoms with van der Waals surface area (Å²) in [6.45, 7) is 4.36. The van der Waals surface area contributed by atoms with Crippen LogP contribution in [-0.2, 0) is 9.53 Å². The van der Waals surface area contributed by atoms with Crippen LogP contribution in [-0.4, -0.2) is 61.8 Å². The van der Waals surface area contributed by atoms with E-state index in [1.807, 2.05) is 0 Å². The van der Waals surface area contributed by atoms with E-state index >= 15 is 0 Å². The lowest BCUT2D eigenvalue weighted by Crippen LogP contribution is -2.37. The van der Waals surface area contributed by atoms with Gasteiger partial charge in [0, 0.05) is 19.7 Å². The Morgan fingerprint density at radius 3 is 3.03 bits per heavy atom. The highest BCUT2D eigenvalue weighted by Gasteiger charge is 2.37. The Morgan fingerprint density at radius 1 is 1.38 bits per heavy atom. The van der Waals surface area contributed by atoms with Crippen molar-refractivity contribution in [3.05, 3.63) is 54.6 Å². The number of nitrogens with zero attached hydrogens (tertiary/aromatic N) is 6. The van der Waals surface area contributed by atoms with Gasteiger partial charge in [0.05, 0.1) is 29.6 Å². The molecular formula is C23H20FN7O3. The molecule has 5 rings (SSSR count). The molecule has 10 nitrogen and oxygen atoms in total. The molecule has 1 fully saturated rings. The van der Waals surface area contributed by atoms with Gasteiger partial charge in [0.15, 0.2) is 17.6 Å². The smallest absolute Gasteiger partial charge is 0.246 e. The molecule has 1 aromatic carbocycles. The summed E-state index contributed by atoms with van der Waals surface area (Å²) in [7, 11) is 1.59. The Morgan fingerprint density at radius 2 is 2.24 bits per heavy atom. The normalized spacial score (nSPS) is 17.8. The summed E-state index contributed by atoms with van der Waals surface area (Å²) >= 11 is 0. The zero-order valence-corrected chi connectivity index (χ0v) is 18.2. The summed E-state index contributed by atoms with van der Waals surface area (Å²) in [5.41, 5.74) is 7.90. The van der Waals surface area contributed by atoms with Crippen molar-refractivity contribution in [3.63, 3.8) is 0 Å². The predicted octanol–water partition coefficient (Wildman–Crippen LogP) is 2.06. The van der Waals surface area contributed by atoms with Gasteiger partial charge < -0.3 is 19.8 Å². The molecule has 3 aromatic heterocycles. The van der Waals surface area contributed by atoms with Gasteiger partial charge in [-0.1, -0.05) is 12.5 Å². The number of fused-ring (bicyclic) bond motifs is 2. The largest absolute Gasteiger partial charge is 0.443 e. The Labute approximate surface area is 193 Å². The zero-order chi connectivity index (χ0) is 23.8. The van der Waals surface area contributed by atoms with Gasteiger partial charge in [-0.2, -0.15) is 5.10 Å². The standard InChI is InChI=1S/C23H20FN7O3/c1-3-20(32)30-9-14(7-15(30)10-33-2)31-23-21(22(25)26-11-27-23)17(29-31)5-4-13-6-18-19(8-16(13)24)34-12-28-18/h3,6,8,11-12,14-15H,1,7,9-10H2,2H3,(H2,25,26,27)/t14?,15-/m1/s1. The number of hydrogen-bond acceptors (Lipinski definition) is 8. The number of anilines is 1. The zero-order valence-electron chi connectivity index (χ0n) is 18.2. The number of rotatable bonds is 4. The molecular weight excluding hydrogens is 441 g/mol. The van der Waals surface area contributed by atoms with Crippen LogP contribution in [0, 0.1) is 17.7 Å². The van der Waals surface area contributed by atoms with E-state index in [0.29, 0.717) is 47.4 Å². The summed E-state index contributed by atoms with van der Waals surface area (Å²) in [6.07, 6.45) is 4.47. The number of oxazole rings is 1. The van der Waals surface area contributed by atoms with Gasteiger partial charge in [-0.05, 0) is 24.5 Å². The van der Waals surface area contributed by atoms with Gasteiger partial charge >= 0.3 is 0 Å². The number of likely N-dealkylation sites (tertiary alicyclic amines) is 1. The van der Waals surface area contributed by atoms with Crippen molar-refractivity contribution >= 4 is 33.9 Å². The first kappa shape index (κ1) is 21.5. The first-order valence-electron chi connectivity index (χ1n) is 10.5. The number of nitrogen functional groups attached to an aromatic ring is 1. The van der Waals surface area contributed by atoms with Crippen LogP contribution >= 0.6 is 0 Å². The minimum Gasteiger partial charge on any atom is -0.443 e. The van der Waals surface area contributed by atoms with Gasteiger partial charge in [-0.25, -0.2) is 24.0 Å². The molecule has 172 valence electrons. The molecule has 1 unspecified atom stereocenters. The molecule has 1 saturated heterocycles. The SMILES string of the molecule is C=CC(=O)N1CC(n2nc(C#Cc3cc4ncoc4cc3F)c3c(N)ncnc32)C[C@@H]1COC. The average molecular weight is 461 g/mol. The molecule has 0 aliphatic carbocycles. The average Bonchev–Trinajstić information content (AvgIpc) is 3.54. The summed E-state index contributed by atoms with van der Waals surface area (Å²) in [6, 6.07) is 2.40. The number of amides is 1. The molecule has 4 aromatic rings. The summed E-state index contributed by atoms with van der Waals surface area (Å²) in [4.78, 5) is 26.5. The van der Waals surface area contributed by atoms with Gasteiger partial charge in [-0.3, -0.25) is 4.79 Å². The molecule has 1 aliphatic heterocycles. The quantitative estimate of drug-likeness (QED) is 0.362. The van der Waals surface area contributed by atoms with Crippen LogP contribution in [0.1, 0.15) is 23.7 Å². The lowest BCUT2D eigenvalue weighted by Gasteiger charge is -2.22. The molecule has 1 aliphatic rings. The van der Waals surface area contributed by atoms with E-state index < -0.39 is 5.82 Å². The number of carbonyl (C=O) groups excluding carboxylic acids is 1. The van der Waals surface area contributed by atoms with Gasteiger partial charge in [0.2, 0.25) is 5.91 Å². The highest BCUT2D eigenvalue weighted by molar-refractivity contribution is 5.91. The maximum absolute atomic E-state index is 14.5. The number of methoxy groups -OCH3 is 1. The molecule has 11 heteroatoms. The number of halogens is 1. The Balaban J connectivity index is 1.57. The van der Waals surface area contributed by atoms with Crippen LogP contribution < -0.4 is 5.73 Å². The van der Waals surface area contributed by atoms with E-state index in [9.17, 15) is 9.18 Å². The van der Waals surface area contributed by atoms with E-state index in [2.05, 4.69) is 38.5 Å². The predicted molar refractivity (Wildman–Crippen MR) is 121 cm³/mol. The number of nitrogens with two attached hydrogens (primary N) is 1. The third-order valence-corrected chi connectivity index (χ3v) is 5.81. The molecule has 2 N–H and O–H groups in total. The van der Waals surface area contributed by atoms with Crippen LogP contribution in [0.15, 0.2) is 41.9 Å². The van der Waals surface area contributed by atoms with E-state index in [4.69, 9.17) is 14.9 Å². The van der Waals surface area contributed by atoms with Gasteiger partial charge in [-0.15, -0.1) is 0 Å². The van der Waals surface area contributed by atoms with Crippen LogP contribution in [0.3, 0.4) is 0 Å². The van der Waals surface area contributed by atoms with Crippen molar-refractivity contribution in [1.29, 1.82) is 0 Å². The molecule has 34 heavy (non-hydrogen) atoms. The van der Waals surface area contributed by atoms with Crippen molar-refractivity contribution in [2.75, 3.05) is 26.0 Å². The lowest BCUT2D eigenvalue weighted by molar-refractivity contribution is -0.127. The first-order chi connectivity index (χ1) is 16.5. The molecule has 0 radical (unpaired) electrons. The van der Waals surface area contributed by atoms with E-state index in [0.717, 1.165) is 0 Å². The number of carbonyl (C=O) groups is 1. The number of hydrogen-bond donors (Lipinski definition) is 1. The third-order valence-electron chi connectivity index (χ3n) is 5.81. The van der Waals surface area contributed by atoms with Crippen molar-refractivity contribution in [1.82, 2.24) is 29.6 Å². The third kappa shape index (κ3) is 3.64. The molecule has 0 spiro atoms. The molecule has 1 amide bonds. The van der Waals surface area contributed by atoms with Crippen molar-refractivity contribution in [2.24, 2.45) is 0 Å². The second-order valence-corrected chi connectivity index (χ2v) is 7.85. The summed E-state index contributed by atoms with van der Waals surface area (Å²) < 4.78 is 26.6. The summed E-state index contributed by atoms with van der Waals surface area (Å²) in [5, 5.41) is 5.11. The Bertz CT molecular complexity index is 1480. The van der Waals surface area contributed by atoms with Crippen LogP contribution in [0.2, 0.25) is 0 Å². The lowest BCUT2D eigenvalue weighted by atomic mass is 10.1. The van der Waals surface area contributed by atoms with Crippen LogP contribution in [0.25, 0.3) is 22.1 Å². The topological polar surface area (TPSA) is 125 Å². The van der Waals surface area contributed by atoms with Gasteiger partial charge in [0.25, 0.3) is 0 Å². The highest BCUT2D eigenvalue weighted by atomic mass is 19.1. The minimum absolute atomic E-state index is 0.142. The molecule has 4 heterocycles. The second-order valence-electron chi connectivity index (χ2n) is 7.85. The fourth-order valence-electron chi connectivity index (χ4n) is 4.25. The first-order valence-corrected chi connectivity index (χ1v) is 10.5. The van der Waals surface area contributed by atoms with E-state index in [-0.39, 0.29) is 29.4 Å². The number of benzene rings is 1. The van der Waals surface area contributed by atoms with Crippen molar-refractivity contribution < 1.29 is 18.3 Å².